The quantitative estimate of drug-likeness (QED) is 0.404. The molecule has 9 nitrogen and oxygen atoms in total. The largest absolute Gasteiger partial charge is 0.493 e. The standard InChI is InChI=1S/C27H30ClN3O6S/c1-35-25-12-11-24(17-26(25)36-2)38(33,34)31(23-9-5-21(28)6-10-23)19-27(32)29-18-20-3-7-22(8-4-20)30-13-15-37-16-14-30/h3-12,17H,13-16,18-19H2,1-2H3,(H,29,32). The Bertz CT molecular complexity index is 1340. The van der Waals surface area contributed by atoms with Crippen molar-refractivity contribution in [2.24, 2.45) is 0 Å². The Morgan fingerprint density at radius 1 is 0.974 bits per heavy atom. The van der Waals surface area contributed by atoms with Crippen molar-refractivity contribution in [3.05, 3.63) is 77.3 Å². The van der Waals surface area contributed by atoms with Gasteiger partial charge in [0.25, 0.3) is 10.0 Å². The molecule has 1 saturated heterocycles. The molecule has 202 valence electrons. The second kappa shape index (κ2) is 12.4. The van der Waals surface area contributed by atoms with Crippen LogP contribution < -0.4 is 24.0 Å². The second-order valence-electron chi connectivity index (χ2n) is 8.55. The minimum atomic E-state index is -4.14. The van der Waals surface area contributed by atoms with E-state index < -0.39 is 22.5 Å². The maximum absolute atomic E-state index is 13.7. The Morgan fingerprint density at radius 3 is 2.26 bits per heavy atom. The highest BCUT2D eigenvalue weighted by atomic mass is 35.5. The molecule has 0 atom stereocenters. The van der Waals surface area contributed by atoms with E-state index in [0.717, 1.165) is 28.6 Å². The number of morpholine rings is 1. The van der Waals surface area contributed by atoms with E-state index in [1.165, 1.54) is 32.4 Å². The highest BCUT2D eigenvalue weighted by molar-refractivity contribution is 7.92. The highest BCUT2D eigenvalue weighted by Gasteiger charge is 2.28. The van der Waals surface area contributed by atoms with Crippen molar-refractivity contribution in [1.29, 1.82) is 0 Å². The van der Waals surface area contributed by atoms with Gasteiger partial charge in [-0.2, -0.15) is 0 Å². The van der Waals surface area contributed by atoms with Gasteiger partial charge in [0, 0.05) is 36.4 Å². The summed E-state index contributed by atoms with van der Waals surface area (Å²) in [6, 6.07) is 18.4. The summed E-state index contributed by atoms with van der Waals surface area (Å²) >= 11 is 6.02. The normalized spacial score (nSPS) is 13.6. The lowest BCUT2D eigenvalue weighted by atomic mass is 10.2. The molecular weight excluding hydrogens is 530 g/mol. The molecule has 1 aliphatic heterocycles. The van der Waals surface area contributed by atoms with Crippen LogP contribution in [-0.4, -0.2) is 61.4 Å². The van der Waals surface area contributed by atoms with E-state index in [9.17, 15) is 13.2 Å². The second-order valence-corrected chi connectivity index (χ2v) is 10.8. The zero-order valence-corrected chi connectivity index (χ0v) is 22.8. The summed E-state index contributed by atoms with van der Waals surface area (Å²) in [6.07, 6.45) is 0. The molecule has 0 aliphatic carbocycles. The lowest BCUT2D eigenvalue weighted by Gasteiger charge is -2.29. The number of nitrogens with zero attached hydrogens (tertiary/aromatic N) is 2. The van der Waals surface area contributed by atoms with Crippen LogP contribution in [0.1, 0.15) is 5.56 Å². The van der Waals surface area contributed by atoms with E-state index in [4.69, 9.17) is 25.8 Å². The van der Waals surface area contributed by atoms with Crippen LogP contribution in [0.15, 0.2) is 71.6 Å². The van der Waals surface area contributed by atoms with Gasteiger partial charge in [-0.3, -0.25) is 9.10 Å². The van der Waals surface area contributed by atoms with Crippen LogP contribution in [0, 0.1) is 0 Å². The van der Waals surface area contributed by atoms with Crippen molar-refractivity contribution in [3.8, 4) is 11.5 Å². The number of carbonyl (C=O) groups excluding carboxylic acids is 1. The van der Waals surface area contributed by atoms with Gasteiger partial charge in [-0.05, 0) is 54.1 Å². The molecule has 1 heterocycles. The van der Waals surface area contributed by atoms with Gasteiger partial charge >= 0.3 is 0 Å². The van der Waals surface area contributed by atoms with Crippen molar-refractivity contribution in [3.63, 3.8) is 0 Å². The van der Waals surface area contributed by atoms with Crippen LogP contribution in [-0.2, 0) is 26.1 Å². The van der Waals surface area contributed by atoms with Crippen LogP contribution in [0.3, 0.4) is 0 Å². The average molecular weight is 560 g/mol. The predicted molar refractivity (Wildman–Crippen MR) is 147 cm³/mol. The Balaban J connectivity index is 1.50. The molecule has 0 spiro atoms. The zero-order valence-electron chi connectivity index (χ0n) is 21.2. The number of hydrogen-bond acceptors (Lipinski definition) is 7. The van der Waals surface area contributed by atoms with Crippen LogP contribution in [0.5, 0.6) is 11.5 Å². The molecule has 0 radical (unpaired) electrons. The molecule has 0 saturated carbocycles. The number of methoxy groups -OCH3 is 2. The summed E-state index contributed by atoms with van der Waals surface area (Å²) < 4.78 is 44.3. The molecule has 3 aromatic carbocycles. The van der Waals surface area contributed by atoms with Gasteiger partial charge < -0.3 is 24.4 Å². The van der Waals surface area contributed by atoms with Gasteiger partial charge in [-0.1, -0.05) is 23.7 Å². The molecule has 38 heavy (non-hydrogen) atoms. The highest BCUT2D eigenvalue weighted by Crippen LogP contribution is 2.32. The molecule has 1 N–H and O–H groups in total. The summed E-state index contributed by atoms with van der Waals surface area (Å²) in [5.74, 6) is 0.192. The van der Waals surface area contributed by atoms with E-state index in [1.54, 1.807) is 24.3 Å². The van der Waals surface area contributed by atoms with E-state index in [1.807, 2.05) is 24.3 Å². The predicted octanol–water partition coefficient (Wildman–Crippen LogP) is 3.71. The Hall–Kier alpha value is -3.47. The Labute approximate surface area is 227 Å². The number of nitrogens with one attached hydrogen (secondary N) is 1. The molecule has 1 aliphatic rings. The first-order valence-electron chi connectivity index (χ1n) is 12.0. The molecule has 0 unspecified atom stereocenters. The van der Waals surface area contributed by atoms with Crippen LogP contribution in [0.2, 0.25) is 5.02 Å². The first-order chi connectivity index (χ1) is 18.3. The van der Waals surface area contributed by atoms with Gasteiger partial charge in [0.2, 0.25) is 5.91 Å². The van der Waals surface area contributed by atoms with Crippen LogP contribution in [0.4, 0.5) is 11.4 Å². The summed E-state index contributed by atoms with van der Waals surface area (Å²) in [6.45, 7) is 2.91. The Morgan fingerprint density at radius 2 is 1.63 bits per heavy atom. The third kappa shape index (κ3) is 6.50. The summed E-state index contributed by atoms with van der Waals surface area (Å²) in [5.41, 5.74) is 2.30. The summed E-state index contributed by atoms with van der Waals surface area (Å²) in [5, 5.41) is 3.27. The number of amides is 1. The van der Waals surface area contributed by atoms with Crippen molar-refractivity contribution < 1.29 is 27.4 Å². The van der Waals surface area contributed by atoms with Crippen LogP contribution in [0.25, 0.3) is 0 Å². The van der Waals surface area contributed by atoms with Gasteiger partial charge in [-0.25, -0.2) is 8.42 Å². The minimum absolute atomic E-state index is 0.0448. The fourth-order valence-corrected chi connectivity index (χ4v) is 5.62. The number of sulfonamides is 1. The third-order valence-electron chi connectivity index (χ3n) is 6.15. The van der Waals surface area contributed by atoms with Crippen molar-refractivity contribution in [1.82, 2.24) is 5.32 Å². The van der Waals surface area contributed by atoms with Gasteiger partial charge in [-0.15, -0.1) is 0 Å². The first kappa shape index (κ1) is 27.6. The molecule has 0 bridgehead atoms. The van der Waals surface area contributed by atoms with Gasteiger partial charge in [0.1, 0.15) is 6.54 Å². The maximum Gasteiger partial charge on any atom is 0.264 e. The lowest BCUT2D eigenvalue weighted by molar-refractivity contribution is -0.119. The van der Waals surface area contributed by atoms with E-state index in [2.05, 4.69) is 10.2 Å². The smallest absolute Gasteiger partial charge is 0.264 e. The number of rotatable bonds is 10. The van der Waals surface area contributed by atoms with E-state index >= 15 is 0 Å². The van der Waals surface area contributed by atoms with Crippen molar-refractivity contribution >= 4 is 38.9 Å². The number of hydrogen-bond donors (Lipinski definition) is 1. The topological polar surface area (TPSA) is 97.4 Å². The molecule has 4 rings (SSSR count). The van der Waals surface area contributed by atoms with E-state index in [0.29, 0.717) is 29.7 Å². The van der Waals surface area contributed by atoms with Gasteiger partial charge in [0.05, 0.1) is 38.0 Å². The van der Waals surface area contributed by atoms with Crippen molar-refractivity contribution in [2.45, 2.75) is 11.4 Å². The number of benzene rings is 3. The maximum atomic E-state index is 13.7. The number of anilines is 2. The fraction of sp³-hybridized carbons (Fsp3) is 0.296. The SMILES string of the molecule is COc1ccc(S(=O)(=O)N(CC(=O)NCc2ccc(N3CCOCC3)cc2)c2ccc(Cl)cc2)cc1OC. The fourth-order valence-electron chi connectivity index (χ4n) is 4.06. The summed E-state index contributed by atoms with van der Waals surface area (Å²) in [7, 11) is -1.25. The van der Waals surface area contributed by atoms with Crippen molar-refractivity contribution in [2.75, 3.05) is 56.3 Å². The molecule has 1 amide bonds. The number of halogens is 1. The monoisotopic (exact) mass is 559 g/mol. The Kier molecular flexibility index (Phi) is 8.98. The lowest BCUT2D eigenvalue weighted by Crippen LogP contribution is -2.40. The molecule has 1 fully saturated rings. The zero-order chi connectivity index (χ0) is 27.1. The molecular formula is C27H30ClN3O6S. The minimum Gasteiger partial charge on any atom is -0.493 e. The number of ether oxygens (including phenoxy) is 3. The third-order valence-corrected chi connectivity index (χ3v) is 8.17. The van der Waals surface area contributed by atoms with E-state index in [-0.39, 0.29) is 17.2 Å². The van der Waals surface area contributed by atoms with Gasteiger partial charge in [0.15, 0.2) is 11.5 Å². The average Bonchev–Trinajstić information content (AvgIpc) is 2.95. The number of carbonyl (C=O) groups is 1. The summed E-state index contributed by atoms with van der Waals surface area (Å²) in [4.78, 5) is 15.2. The molecule has 0 aromatic heterocycles. The first-order valence-corrected chi connectivity index (χ1v) is 13.8. The molecule has 11 heteroatoms. The molecule has 3 aromatic rings. The van der Waals surface area contributed by atoms with Crippen LogP contribution >= 0.6 is 11.6 Å².